The van der Waals surface area contributed by atoms with Crippen LogP contribution in [0.2, 0.25) is 0 Å². The summed E-state index contributed by atoms with van der Waals surface area (Å²) in [5, 5.41) is 8.70. The van der Waals surface area contributed by atoms with E-state index in [0.717, 1.165) is 19.5 Å². The van der Waals surface area contributed by atoms with Gasteiger partial charge in [-0.25, -0.2) is 0 Å². The SMILES string of the molecule is Cc1ccccc1[C@H]1C[C@H](C)N(CCCC(=O)O)C1. The van der Waals surface area contributed by atoms with E-state index < -0.39 is 5.97 Å². The van der Waals surface area contributed by atoms with Crippen molar-refractivity contribution in [3.05, 3.63) is 35.4 Å². The fraction of sp³-hybridized carbons (Fsp3) is 0.562. The Morgan fingerprint density at radius 2 is 2.16 bits per heavy atom. The number of aryl methyl sites for hydroxylation is 1. The number of likely N-dealkylation sites (tertiary alicyclic amines) is 1. The van der Waals surface area contributed by atoms with Gasteiger partial charge in [-0.1, -0.05) is 24.3 Å². The number of hydrogen-bond donors (Lipinski definition) is 1. The van der Waals surface area contributed by atoms with Crippen LogP contribution in [0.15, 0.2) is 24.3 Å². The van der Waals surface area contributed by atoms with Crippen LogP contribution >= 0.6 is 0 Å². The fourth-order valence-corrected chi connectivity index (χ4v) is 3.11. The molecule has 1 fully saturated rings. The van der Waals surface area contributed by atoms with Gasteiger partial charge in [-0.3, -0.25) is 4.79 Å². The number of carbonyl (C=O) groups is 1. The van der Waals surface area contributed by atoms with E-state index in [0.29, 0.717) is 12.0 Å². The van der Waals surface area contributed by atoms with Gasteiger partial charge in [-0.15, -0.1) is 0 Å². The Hall–Kier alpha value is -1.35. The lowest BCUT2D eigenvalue weighted by Crippen LogP contribution is -2.28. The smallest absolute Gasteiger partial charge is 0.303 e. The summed E-state index contributed by atoms with van der Waals surface area (Å²) in [5.74, 6) is -0.0941. The monoisotopic (exact) mass is 261 g/mol. The van der Waals surface area contributed by atoms with Gasteiger partial charge in [0.1, 0.15) is 0 Å². The molecule has 0 aromatic heterocycles. The van der Waals surface area contributed by atoms with Gasteiger partial charge in [-0.05, 0) is 50.3 Å². The number of carboxylic acids is 1. The third kappa shape index (κ3) is 3.57. The number of aliphatic carboxylic acids is 1. The van der Waals surface area contributed by atoms with Gasteiger partial charge in [-0.2, -0.15) is 0 Å². The van der Waals surface area contributed by atoms with E-state index >= 15 is 0 Å². The Balaban J connectivity index is 1.94. The molecule has 0 radical (unpaired) electrons. The van der Waals surface area contributed by atoms with Crippen LogP contribution in [0.5, 0.6) is 0 Å². The van der Waals surface area contributed by atoms with E-state index in [-0.39, 0.29) is 6.42 Å². The van der Waals surface area contributed by atoms with Gasteiger partial charge >= 0.3 is 5.97 Å². The van der Waals surface area contributed by atoms with E-state index in [9.17, 15) is 4.79 Å². The average molecular weight is 261 g/mol. The summed E-state index contributed by atoms with van der Waals surface area (Å²) < 4.78 is 0. The van der Waals surface area contributed by atoms with E-state index in [1.165, 1.54) is 17.5 Å². The van der Waals surface area contributed by atoms with Crippen LogP contribution in [0.25, 0.3) is 0 Å². The molecule has 1 aliphatic heterocycles. The summed E-state index contributed by atoms with van der Waals surface area (Å²) in [6.45, 7) is 6.38. The summed E-state index contributed by atoms with van der Waals surface area (Å²) in [6, 6.07) is 9.15. The second-order valence-corrected chi connectivity index (χ2v) is 5.63. The van der Waals surface area contributed by atoms with E-state index in [1.807, 2.05) is 0 Å². The highest BCUT2D eigenvalue weighted by molar-refractivity contribution is 5.66. The Labute approximate surface area is 115 Å². The Morgan fingerprint density at radius 3 is 2.84 bits per heavy atom. The van der Waals surface area contributed by atoms with Crippen molar-refractivity contribution in [2.24, 2.45) is 0 Å². The van der Waals surface area contributed by atoms with E-state index in [2.05, 4.69) is 43.0 Å². The lowest BCUT2D eigenvalue weighted by atomic mass is 9.93. The maximum atomic E-state index is 10.6. The molecule has 0 bridgehead atoms. The van der Waals surface area contributed by atoms with Crippen molar-refractivity contribution in [2.45, 2.75) is 45.1 Å². The maximum absolute atomic E-state index is 10.6. The highest BCUT2D eigenvalue weighted by Gasteiger charge is 2.30. The van der Waals surface area contributed by atoms with Gasteiger partial charge in [0.25, 0.3) is 0 Å². The molecule has 19 heavy (non-hydrogen) atoms. The maximum Gasteiger partial charge on any atom is 0.303 e. The lowest BCUT2D eigenvalue weighted by molar-refractivity contribution is -0.137. The zero-order valence-corrected chi connectivity index (χ0v) is 11.8. The van der Waals surface area contributed by atoms with Crippen molar-refractivity contribution in [1.29, 1.82) is 0 Å². The summed E-state index contributed by atoms with van der Waals surface area (Å²) in [4.78, 5) is 13.0. The van der Waals surface area contributed by atoms with Crippen LogP contribution in [0.4, 0.5) is 0 Å². The molecule has 0 saturated carbocycles. The second-order valence-electron chi connectivity index (χ2n) is 5.63. The van der Waals surface area contributed by atoms with Gasteiger partial charge in [0.2, 0.25) is 0 Å². The fourth-order valence-electron chi connectivity index (χ4n) is 3.11. The van der Waals surface area contributed by atoms with Gasteiger partial charge in [0.05, 0.1) is 0 Å². The Morgan fingerprint density at radius 1 is 1.42 bits per heavy atom. The minimum atomic E-state index is -0.692. The molecule has 0 unspecified atom stereocenters. The molecule has 1 saturated heterocycles. The lowest BCUT2D eigenvalue weighted by Gasteiger charge is -2.20. The zero-order valence-electron chi connectivity index (χ0n) is 11.8. The molecule has 104 valence electrons. The first kappa shape index (κ1) is 14.1. The van der Waals surface area contributed by atoms with Crippen molar-refractivity contribution in [3.63, 3.8) is 0 Å². The van der Waals surface area contributed by atoms with Crippen LogP contribution in [-0.2, 0) is 4.79 Å². The van der Waals surface area contributed by atoms with Crippen molar-refractivity contribution < 1.29 is 9.90 Å². The molecular weight excluding hydrogens is 238 g/mol. The number of hydrogen-bond acceptors (Lipinski definition) is 2. The molecule has 3 nitrogen and oxygen atoms in total. The third-order valence-electron chi connectivity index (χ3n) is 4.17. The minimum Gasteiger partial charge on any atom is -0.481 e. The third-order valence-corrected chi connectivity index (χ3v) is 4.17. The number of nitrogens with zero attached hydrogens (tertiary/aromatic N) is 1. The predicted molar refractivity (Wildman–Crippen MR) is 76.4 cm³/mol. The van der Waals surface area contributed by atoms with Crippen LogP contribution in [0.3, 0.4) is 0 Å². The molecule has 1 heterocycles. The predicted octanol–water partition coefficient (Wildman–Crippen LogP) is 3.04. The topological polar surface area (TPSA) is 40.5 Å². The van der Waals surface area contributed by atoms with Gasteiger partial charge < -0.3 is 10.0 Å². The Kier molecular flexibility index (Phi) is 4.59. The van der Waals surface area contributed by atoms with Crippen LogP contribution in [0.1, 0.15) is 43.2 Å². The second kappa shape index (κ2) is 6.20. The van der Waals surface area contributed by atoms with E-state index in [1.54, 1.807) is 0 Å². The first-order valence-electron chi connectivity index (χ1n) is 7.09. The summed E-state index contributed by atoms with van der Waals surface area (Å²) in [7, 11) is 0. The molecule has 2 rings (SSSR count). The normalized spacial score (nSPS) is 23.7. The molecule has 3 heteroatoms. The molecule has 1 aliphatic rings. The number of benzene rings is 1. The van der Waals surface area contributed by atoms with Crippen LogP contribution in [0, 0.1) is 6.92 Å². The quantitative estimate of drug-likeness (QED) is 0.885. The van der Waals surface area contributed by atoms with Crippen molar-refractivity contribution >= 4 is 5.97 Å². The molecule has 1 aromatic rings. The summed E-state index contributed by atoms with van der Waals surface area (Å²) >= 11 is 0. The van der Waals surface area contributed by atoms with Crippen LogP contribution < -0.4 is 0 Å². The highest BCUT2D eigenvalue weighted by atomic mass is 16.4. The van der Waals surface area contributed by atoms with Crippen molar-refractivity contribution in [2.75, 3.05) is 13.1 Å². The molecule has 1 aromatic carbocycles. The standard InChI is InChI=1S/C16H23NO2/c1-12-6-3-4-7-15(12)14-10-13(2)17(11-14)9-5-8-16(18)19/h3-4,6-7,13-14H,5,8-11H2,1-2H3,(H,18,19)/t13-,14-/m0/s1. The summed E-state index contributed by atoms with van der Waals surface area (Å²) in [6.07, 6.45) is 2.20. The zero-order chi connectivity index (χ0) is 13.8. The molecular formula is C16H23NO2. The summed E-state index contributed by atoms with van der Waals surface area (Å²) in [5.41, 5.74) is 2.82. The molecule has 2 atom stereocenters. The molecule has 0 amide bonds. The van der Waals surface area contributed by atoms with Crippen LogP contribution in [-0.4, -0.2) is 35.1 Å². The largest absolute Gasteiger partial charge is 0.481 e. The highest BCUT2D eigenvalue weighted by Crippen LogP contribution is 2.33. The van der Waals surface area contributed by atoms with Crippen molar-refractivity contribution in [1.82, 2.24) is 4.90 Å². The number of rotatable bonds is 5. The average Bonchev–Trinajstić information content (AvgIpc) is 2.71. The molecule has 0 aliphatic carbocycles. The van der Waals surface area contributed by atoms with Gasteiger partial charge in [0, 0.05) is 19.0 Å². The molecule has 1 N–H and O–H groups in total. The first-order chi connectivity index (χ1) is 9.08. The van der Waals surface area contributed by atoms with Crippen molar-refractivity contribution in [3.8, 4) is 0 Å². The van der Waals surface area contributed by atoms with Gasteiger partial charge in [0.15, 0.2) is 0 Å². The number of carboxylic acid groups (broad SMARTS) is 1. The van der Waals surface area contributed by atoms with E-state index in [4.69, 9.17) is 5.11 Å². The minimum absolute atomic E-state index is 0.276. The Bertz CT molecular complexity index is 444. The molecule has 0 spiro atoms. The first-order valence-corrected chi connectivity index (χ1v) is 7.09.